The Morgan fingerprint density at radius 2 is 1.46 bits per heavy atom. The first-order valence-electron chi connectivity index (χ1n) is 7.65. The van der Waals surface area contributed by atoms with Crippen LogP contribution in [0.2, 0.25) is 0 Å². The molecule has 132 valence electrons. The van der Waals surface area contributed by atoms with Crippen LogP contribution in [0.3, 0.4) is 0 Å². The van der Waals surface area contributed by atoms with Crippen molar-refractivity contribution in [2.75, 3.05) is 3.11 Å². The molecule has 3 aromatic carbocycles. The minimum absolute atomic E-state index is 0.275. The number of hydrogen-bond acceptors (Lipinski definition) is 3. The third-order valence-corrected chi connectivity index (χ3v) is 4.94. The van der Waals surface area contributed by atoms with E-state index in [0.29, 0.717) is 11.3 Å². The monoisotopic (exact) mass is 469 g/mol. The minimum Gasteiger partial charge on any atom is -0.454 e. The van der Waals surface area contributed by atoms with Gasteiger partial charge in [0.15, 0.2) is 11.3 Å². The van der Waals surface area contributed by atoms with Crippen LogP contribution in [0, 0.1) is 0 Å². The summed E-state index contributed by atoms with van der Waals surface area (Å²) in [5.41, 5.74) is 2.24. The highest BCUT2D eigenvalue weighted by Crippen LogP contribution is 2.43. The Morgan fingerprint density at radius 1 is 0.808 bits per heavy atom. The van der Waals surface area contributed by atoms with E-state index < -0.39 is 6.36 Å². The quantitative estimate of drug-likeness (QED) is 0.239. The maximum Gasteiger partial charge on any atom is 0.573 e. The smallest absolute Gasteiger partial charge is 0.454 e. The highest BCUT2D eigenvalue weighted by molar-refractivity contribution is 14.1. The van der Waals surface area contributed by atoms with E-state index in [0.717, 1.165) is 16.4 Å². The molecule has 0 radical (unpaired) electrons. The summed E-state index contributed by atoms with van der Waals surface area (Å²) in [5, 5.41) is 1.85. The van der Waals surface area contributed by atoms with Crippen molar-refractivity contribution in [2.24, 2.45) is 0 Å². The van der Waals surface area contributed by atoms with E-state index in [9.17, 15) is 13.2 Å². The number of halogens is 4. The van der Waals surface area contributed by atoms with Gasteiger partial charge in [0.05, 0.1) is 34.2 Å². The van der Waals surface area contributed by atoms with Crippen LogP contribution in [0.4, 0.5) is 24.5 Å². The molecule has 0 atom stereocenters. The summed E-state index contributed by atoms with van der Waals surface area (Å²) < 4.78 is 49.9. The number of hydrogen-bond donors (Lipinski definition) is 0. The maximum absolute atomic E-state index is 12.7. The third-order valence-electron chi connectivity index (χ3n) is 3.90. The predicted octanol–water partition coefficient (Wildman–Crippen LogP) is 6.97. The van der Waals surface area contributed by atoms with Gasteiger partial charge in [-0.3, -0.25) is 3.11 Å². The first-order valence-corrected chi connectivity index (χ1v) is 8.61. The molecular weight excluding hydrogens is 458 g/mol. The number of benzene rings is 3. The summed E-state index contributed by atoms with van der Waals surface area (Å²) in [6, 6.07) is 19.2. The molecule has 0 aliphatic heterocycles. The molecule has 1 aromatic heterocycles. The standard InChI is InChI=1S/C19H11F3INO2/c20-19(21,22)26-17-11-4-2-8-14(17)24(23)15-9-5-7-13-12-6-1-3-10-16(12)25-18(13)15/h1-11H. The van der Waals surface area contributed by atoms with E-state index in [4.69, 9.17) is 4.42 Å². The topological polar surface area (TPSA) is 25.6 Å². The molecule has 0 aliphatic carbocycles. The Balaban J connectivity index is 1.86. The van der Waals surface area contributed by atoms with Crippen molar-refractivity contribution in [3.8, 4) is 5.75 Å². The average molecular weight is 469 g/mol. The van der Waals surface area contributed by atoms with Gasteiger partial charge < -0.3 is 9.15 Å². The van der Waals surface area contributed by atoms with Crippen molar-refractivity contribution in [2.45, 2.75) is 6.36 Å². The van der Waals surface area contributed by atoms with Gasteiger partial charge in [0.25, 0.3) is 0 Å². The summed E-state index contributed by atoms with van der Waals surface area (Å²) in [6.07, 6.45) is -4.76. The summed E-state index contributed by atoms with van der Waals surface area (Å²) >= 11 is 1.95. The first-order chi connectivity index (χ1) is 12.4. The minimum atomic E-state index is -4.76. The molecule has 0 N–H and O–H groups in total. The first kappa shape index (κ1) is 17.0. The molecular formula is C19H11F3INO2. The Morgan fingerprint density at radius 3 is 2.27 bits per heavy atom. The van der Waals surface area contributed by atoms with Gasteiger partial charge in [-0.2, -0.15) is 0 Å². The van der Waals surface area contributed by atoms with E-state index in [2.05, 4.69) is 4.74 Å². The molecule has 4 aromatic rings. The molecule has 0 bridgehead atoms. The van der Waals surface area contributed by atoms with Crippen LogP contribution in [0.5, 0.6) is 5.75 Å². The third kappa shape index (κ3) is 3.07. The zero-order chi connectivity index (χ0) is 18.3. The zero-order valence-corrected chi connectivity index (χ0v) is 15.3. The maximum atomic E-state index is 12.7. The van der Waals surface area contributed by atoms with Gasteiger partial charge in [0.1, 0.15) is 5.58 Å². The van der Waals surface area contributed by atoms with Crippen LogP contribution in [-0.4, -0.2) is 6.36 Å². The van der Waals surface area contributed by atoms with E-state index in [1.54, 1.807) is 21.3 Å². The number of alkyl halides is 3. The van der Waals surface area contributed by atoms with E-state index >= 15 is 0 Å². The van der Waals surface area contributed by atoms with Gasteiger partial charge >= 0.3 is 6.36 Å². The molecule has 0 saturated carbocycles. The highest BCUT2D eigenvalue weighted by atomic mass is 127. The van der Waals surface area contributed by atoms with Crippen molar-refractivity contribution in [3.63, 3.8) is 0 Å². The van der Waals surface area contributed by atoms with Gasteiger partial charge in [-0.25, -0.2) is 0 Å². The second kappa shape index (κ2) is 6.39. The van der Waals surface area contributed by atoms with Crippen molar-refractivity contribution >= 4 is 56.2 Å². The lowest BCUT2D eigenvalue weighted by Crippen LogP contribution is -2.18. The molecule has 0 unspecified atom stereocenters. The summed E-state index contributed by atoms with van der Waals surface area (Å²) in [4.78, 5) is 0. The van der Waals surface area contributed by atoms with Crippen molar-refractivity contribution in [3.05, 3.63) is 66.7 Å². The Labute approximate surface area is 160 Å². The van der Waals surface area contributed by atoms with Crippen molar-refractivity contribution in [1.29, 1.82) is 0 Å². The number of rotatable bonds is 3. The van der Waals surface area contributed by atoms with Gasteiger partial charge in [-0.15, -0.1) is 13.2 Å². The molecule has 0 aliphatic rings. The fraction of sp³-hybridized carbons (Fsp3) is 0.0526. The fourth-order valence-corrected chi connectivity index (χ4v) is 3.63. The molecule has 1 heterocycles. The predicted molar refractivity (Wildman–Crippen MR) is 103 cm³/mol. The number of furan rings is 1. The Bertz CT molecular complexity index is 1090. The summed E-state index contributed by atoms with van der Waals surface area (Å²) in [5.74, 6) is -0.275. The summed E-state index contributed by atoms with van der Waals surface area (Å²) in [7, 11) is 0. The molecule has 4 rings (SSSR count). The van der Waals surface area contributed by atoms with Crippen LogP contribution in [0.1, 0.15) is 0 Å². The van der Waals surface area contributed by atoms with Crippen molar-refractivity contribution < 1.29 is 22.3 Å². The second-order valence-electron chi connectivity index (χ2n) is 5.55. The summed E-state index contributed by atoms with van der Waals surface area (Å²) in [6.45, 7) is 0. The SMILES string of the molecule is FC(F)(F)Oc1ccccc1N(I)c1cccc2c1oc1ccccc12. The largest absolute Gasteiger partial charge is 0.573 e. The van der Waals surface area contributed by atoms with Crippen LogP contribution in [0.25, 0.3) is 21.9 Å². The molecule has 3 nitrogen and oxygen atoms in total. The number of ether oxygens (including phenoxy) is 1. The molecule has 7 heteroatoms. The molecule has 26 heavy (non-hydrogen) atoms. The van der Waals surface area contributed by atoms with Gasteiger partial charge in [-0.1, -0.05) is 42.5 Å². The molecule has 0 amide bonds. The van der Waals surface area contributed by atoms with Gasteiger partial charge in [0, 0.05) is 10.8 Å². The number of fused-ring (bicyclic) bond motifs is 3. The second-order valence-corrected chi connectivity index (χ2v) is 6.51. The van der Waals surface area contributed by atoms with Crippen molar-refractivity contribution in [1.82, 2.24) is 0 Å². The van der Waals surface area contributed by atoms with Crippen LogP contribution in [-0.2, 0) is 0 Å². The normalized spacial score (nSPS) is 11.8. The van der Waals surface area contributed by atoms with Crippen LogP contribution < -0.4 is 7.85 Å². The van der Waals surface area contributed by atoms with E-state index in [1.807, 2.05) is 59.3 Å². The van der Waals surface area contributed by atoms with Gasteiger partial charge in [-0.05, 0) is 24.3 Å². The zero-order valence-electron chi connectivity index (χ0n) is 13.1. The molecule has 0 saturated heterocycles. The lowest BCUT2D eigenvalue weighted by atomic mass is 10.1. The van der Waals surface area contributed by atoms with Crippen LogP contribution >= 0.6 is 22.9 Å². The van der Waals surface area contributed by atoms with E-state index in [-0.39, 0.29) is 11.4 Å². The lowest BCUT2D eigenvalue weighted by molar-refractivity contribution is -0.274. The fourth-order valence-electron chi connectivity index (χ4n) is 2.85. The highest BCUT2D eigenvalue weighted by Gasteiger charge is 2.33. The number of nitrogens with zero attached hydrogens (tertiary/aromatic N) is 1. The lowest BCUT2D eigenvalue weighted by Gasteiger charge is -2.20. The Kier molecular flexibility index (Phi) is 4.18. The van der Waals surface area contributed by atoms with E-state index in [1.165, 1.54) is 12.1 Å². The van der Waals surface area contributed by atoms with Gasteiger partial charge in [0.2, 0.25) is 0 Å². The Hall–Kier alpha value is -2.42. The average Bonchev–Trinajstić information content (AvgIpc) is 2.99. The van der Waals surface area contributed by atoms with Crippen LogP contribution in [0.15, 0.2) is 71.1 Å². The molecule has 0 fully saturated rings. The number of anilines is 2. The number of para-hydroxylation sites is 4. The molecule has 0 spiro atoms.